The highest BCUT2D eigenvalue weighted by atomic mass is 16.3. The van der Waals surface area contributed by atoms with Gasteiger partial charge in [-0.2, -0.15) is 10.2 Å². The third kappa shape index (κ3) is 2.93. The van der Waals surface area contributed by atoms with E-state index in [1.54, 1.807) is 6.20 Å². The Kier molecular flexibility index (Phi) is 3.95. The smallest absolute Gasteiger partial charge is 0.0781 e. The van der Waals surface area contributed by atoms with Crippen molar-refractivity contribution in [3.8, 4) is 0 Å². The number of aromatic nitrogens is 4. The molecule has 1 saturated carbocycles. The number of nitrogens with zero attached hydrogens (tertiary/aromatic N) is 5. The van der Waals surface area contributed by atoms with Crippen molar-refractivity contribution in [2.75, 3.05) is 13.1 Å². The van der Waals surface area contributed by atoms with Crippen LogP contribution in [0.25, 0.3) is 0 Å². The molecule has 124 valence electrons. The van der Waals surface area contributed by atoms with Crippen LogP contribution in [0.1, 0.15) is 31.4 Å². The fourth-order valence-corrected chi connectivity index (χ4v) is 4.31. The fourth-order valence-electron chi connectivity index (χ4n) is 4.31. The molecular formula is C17H25N5O. The van der Waals surface area contributed by atoms with E-state index < -0.39 is 0 Å². The standard InChI is InChI=1S/C17H25N5O/c1-2-21-10-13(8-19-21)9-20-11-14-6-16(22-5-3-4-18-22)17(23)7-15(14)12-20/h3-5,8,10,14-17,23H,2,6-7,9,11-12H2,1H3/t14-,15+,16-,17-/m1/s1. The summed E-state index contributed by atoms with van der Waals surface area (Å²) in [5, 5.41) is 19.2. The Morgan fingerprint density at radius 1 is 1.22 bits per heavy atom. The molecule has 1 saturated heterocycles. The first kappa shape index (κ1) is 14.9. The van der Waals surface area contributed by atoms with Crippen molar-refractivity contribution in [1.29, 1.82) is 0 Å². The molecule has 2 aromatic heterocycles. The molecule has 23 heavy (non-hydrogen) atoms. The van der Waals surface area contributed by atoms with Gasteiger partial charge < -0.3 is 5.11 Å². The summed E-state index contributed by atoms with van der Waals surface area (Å²) in [6.45, 7) is 6.20. The number of aryl methyl sites for hydroxylation is 1. The minimum Gasteiger partial charge on any atom is -0.391 e. The van der Waals surface area contributed by atoms with Gasteiger partial charge in [-0.15, -0.1) is 0 Å². The summed E-state index contributed by atoms with van der Waals surface area (Å²) >= 11 is 0. The Balaban J connectivity index is 1.41. The van der Waals surface area contributed by atoms with Crippen LogP contribution in [0.4, 0.5) is 0 Å². The minimum atomic E-state index is -0.279. The maximum absolute atomic E-state index is 10.5. The van der Waals surface area contributed by atoms with Crippen LogP contribution in [-0.4, -0.2) is 48.8 Å². The summed E-state index contributed by atoms with van der Waals surface area (Å²) in [7, 11) is 0. The second-order valence-electron chi connectivity index (χ2n) is 7.01. The van der Waals surface area contributed by atoms with E-state index >= 15 is 0 Å². The quantitative estimate of drug-likeness (QED) is 0.930. The van der Waals surface area contributed by atoms with Crippen molar-refractivity contribution in [3.05, 3.63) is 36.4 Å². The molecule has 0 amide bonds. The highest BCUT2D eigenvalue weighted by molar-refractivity contribution is 5.05. The number of likely N-dealkylation sites (tertiary alicyclic amines) is 1. The lowest BCUT2D eigenvalue weighted by Gasteiger charge is -2.35. The van der Waals surface area contributed by atoms with Crippen molar-refractivity contribution >= 4 is 0 Å². The Labute approximate surface area is 136 Å². The summed E-state index contributed by atoms with van der Waals surface area (Å²) < 4.78 is 3.92. The number of rotatable bonds is 4. The Morgan fingerprint density at radius 2 is 2.04 bits per heavy atom. The second kappa shape index (κ2) is 6.09. The monoisotopic (exact) mass is 315 g/mol. The molecule has 6 nitrogen and oxygen atoms in total. The number of hydrogen-bond donors (Lipinski definition) is 1. The van der Waals surface area contributed by atoms with Crippen LogP contribution in [-0.2, 0) is 13.1 Å². The highest BCUT2D eigenvalue weighted by Gasteiger charge is 2.42. The first-order valence-corrected chi connectivity index (χ1v) is 8.63. The number of hydrogen-bond acceptors (Lipinski definition) is 4. The molecule has 0 spiro atoms. The predicted octanol–water partition coefficient (Wildman–Crippen LogP) is 1.54. The lowest BCUT2D eigenvalue weighted by Crippen LogP contribution is -2.36. The normalized spacial score (nSPS) is 31.4. The Bertz CT molecular complexity index is 637. The lowest BCUT2D eigenvalue weighted by molar-refractivity contribution is 0.0306. The van der Waals surface area contributed by atoms with Gasteiger partial charge in [-0.05, 0) is 37.7 Å². The average Bonchev–Trinajstić information content (AvgIpc) is 3.26. The topological polar surface area (TPSA) is 59.1 Å². The molecule has 0 bridgehead atoms. The van der Waals surface area contributed by atoms with E-state index in [0.29, 0.717) is 11.8 Å². The van der Waals surface area contributed by atoms with E-state index in [2.05, 4.69) is 28.2 Å². The summed E-state index contributed by atoms with van der Waals surface area (Å²) in [5.74, 6) is 1.27. The zero-order chi connectivity index (χ0) is 15.8. The summed E-state index contributed by atoms with van der Waals surface area (Å²) in [4.78, 5) is 2.52. The molecule has 1 aliphatic heterocycles. The van der Waals surface area contributed by atoms with Crippen molar-refractivity contribution in [2.45, 2.75) is 45.0 Å². The van der Waals surface area contributed by atoms with E-state index in [0.717, 1.165) is 39.0 Å². The summed E-state index contributed by atoms with van der Waals surface area (Å²) in [6, 6.07) is 2.07. The van der Waals surface area contributed by atoms with Gasteiger partial charge in [-0.25, -0.2) is 0 Å². The van der Waals surface area contributed by atoms with E-state index in [9.17, 15) is 5.11 Å². The number of aliphatic hydroxyl groups is 1. The van der Waals surface area contributed by atoms with E-state index in [-0.39, 0.29) is 12.1 Å². The molecular weight excluding hydrogens is 290 g/mol. The lowest BCUT2D eigenvalue weighted by atomic mass is 9.77. The van der Waals surface area contributed by atoms with Crippen LogP contribution in [0, 0.1) is 11.8 Å². The largest absolute Gasteiger partial charge is 0.391 e. The van der Waals surface area contributed by atoms with Crippen molar-refractivity contribution in [1.82, 2.24) is 24.5 Å². The minimum absolute atomic E-state index is 0.133. The first-order valence-electron chi connectivity index (χ1n) is 8.63. The van der Waals surface area contributed by atoms with Crippen LogP contribution < -0.4 is 0 Å². The van der Waals surface area contributed by atoms with E-state index in [1.807, 2.05) is 27.8 Å². The molecule has 0 aromatic carbocycles. The van der Waals surface area contributed by atoms with Gasteiger partial charge in [0, 0.05) is 50.3 Å². The highest BCUT2D eigenvalue weighted by Crippen LogP contribution is 2.41. The second-order valence-corrected chi connectivity index (χ2v) is 7.01. The average molecular weight is 315 g/mol. The van der Waals surface area contributed by atoms with Gasteiger partial charge in [0.2, 0.25) is 0 Å². The third-order valence-electron chi connectivity index (χ3n) is 5.47. The molecule has 2 fully saturated rings. The fraction of sp³-hybridized carbons (Fsp3) is 0.647. The number of fused-ring (bicyclic) bond motifs is 1. The molecule has 3 heterocycles. The summed E-state index contributed by atoms with van der Waals surface area (Å²) in [6.07, 6.45) is 9.53. The molecule has 0 unspecified atom stereocenters. The van der Waals surface area contributed by atoms with Crippen LogP contribution in [0.5, 0.6) is 0 Å². The molecule has 4 rings (SSSR count). The van der Waals surface area contributed by atoms with Gasteiger partial charge in [0.1, 0.15) is 0 Å². The van der Waals surface area contributed by atoms with Gasteiger partial charge in [0.05, 0.1) is 18.3 Å². The van der Waals surface area contributed by atoms with Gasteiger partial charge in [-0.3, -0.25) is 14.3 Å². The van der Waals surface area contributed by atoms with Gasteiger partial charge >= 0.3 is 0 Å². The first-order chi connectivity index (χ1) is 11.2. The Hall–Kier alpha value is -1.66. The molecule has 2 aliphatic rings. The van der Waals surface area contributed by atoms with Crippen molar-refractivity contribution in [2.24, 2.45) is 11.8 Å². The maximum atomic E-state index is 10.5. The number of aliphatic hydroxyl groups excluding tert-OH is 1. The van der Waals surface area contributed by atoms with Gasteiger partial charge in [0.25, 0.3) is 0 Å². The van der Waals surface area contributed by atoms with Gasteiger partial charge in [0.15, 0.2) is 0 Å². The SMILES string of the molecule is CCn1cc(CN2C[C@H]3C[C@@H](n4cccn4)[C@H](O)C[C@H]3C2)cn1. The summed E-state index contributed by atoms with van der Waals surface area (Å²) in [5.41, 5.74) is 1.29. The van der Waals surface area contributed by atoms with Crippen LogP contribution in [0.2, 0.25) is 0 Å². The molecule has 4 atom stereocenters. The molecule has 6 heteroatoms. The van der Waals surface area contributed by atoms with Crippen LogP contribution in [0.3, 0.4) is 0 Å². The molecule has 1 N–H and O–H groups in total. The third-order valence-corrected chi connectivity index (χ3v) is 5.47. The van der Waals surface area contributed by atoms with Crippen molar-refractivity contribution in [3.63, 3.8) is 0 Å². The van der Waals surface area contributed by atoms with Gasteiger partial charge in [-0.1, -0.05) is 0 Å². The predicted molar refractivity (Wildman–Crippen MR) is 86.7 cm³/mol. The molecule has 0 radical (unpaired) electrons. The van der Waals surface area contributed by atoms with Crippen LogP contribution in [0.15, 0.2) is 30.9 Å². The molecule has 2 aromatic rings. The van der Waals surface area contributed by atoms with E-state index in [1.165, 1.54) is 5.56 Å². The zero-order valence-corrected chi connectivity index (χ0v) is 13.6. The van der Waals surface area contributed by atoms with Crippen LogP contribution >= 0.6 is 0 Å². The van der Waals surface area contributed by atoms with Crippen molar-refractivity contribution < 1.29 is 5.11 Å². The van der Waals surface area contributed by atoms with E-state index in [4.69, 9.17) is 0 Å². The Morgan fingerprint density at radius 3 is 2.74 bits per heavy atom. The maximum Gasteiger partial charge on any atom is 0.0781 e. The molecule has 1 aliphatic carbocycles. The zero-order valence-electron chi connectivity index (χ0n) is 13.6.